The molecule has 1 heterocycles. The van der Waals surface area contributed by atoms with Crippen LogP contribution >= 0.6 is 11.3 Å². The molecule has 0 bridgehead atoms. The first-order chi connectivity index (χ1) is 11.8. The molecule has 3 aromatic rings. The van der Waals surface area contributed by atoms with Crippen molar-refractivity contribution in [1.29, 1.82) is 5.41 Å². The maximum atomic E-state index is 7.92. The van der Waals surface area contributed by atoms with E-state index in [2.05, 4.69) is 15.6 Å². The van der Waals surface area contributed by atoms with E-state index in [0.717, 1.165) is 16.9 Å². The van der Waals surface area contributed by atoms with Crippen LogP contribution in [0.25, 0.3) is 0 Å². The van der Waals surface area contributed by atoms with Gasteiger partial charge in [-0.15, -0.1) is 11.3 Å². The van der Waals surface area contributed by atoms with Gasteiger partial charge in [0.25, 0.3) is 0 Å². The predicted octanol–water partition coefficient (Wildman–Crippen LogP) is 3.86. The van der Waals surface area contributed by atoms with Crippen LogP contribution in [0.15, 0.2) is 66.2 Å². The molecule has 0 aliphatic heterocycles. The smallest absolute Gasteiger partial charge is 0.195 e. The molecular formula is C18H18N4OS. The number of hydrogen-bond donors (Lipinski definition) is 3. The average Bonchev–Trinajstić information content (AvgIpc) is 3.13. The Labute approximate surface area is 144 Å². The molecule has 0 saturated carbocycles. The minimum Gasteiger partial charge on any atom is -0.489 e. The maximum absolute atomic E-state index is 7.92. The highest BCUT2D eigenvalue weighted by Gasteiger charge is 2.05. The Morgan fingerprint density at radius 2 is 1.88 bits per heavy atom. The lowest BCUT2D eigenvalue weighted by Gasteiger charge is -2.13. The monoisotopic (exact) mass is 338 g/mol. The van der Waals surface area contributed by atoms with Gasteiger partial charge < -0.3 is 15.4 Å². The highest BCUT2D eigenvalue weighted by Crippen LogP contribution is 2.19. The van der Waals surface area contributed by atoms with Gasteiger partial charge in [0.2, 0.25) is 0 Å². The van der Waals surface area contributed by atoms with Crippen LogP contribution in [-0.4, -0.2) is 10.9 Å². The van der Waals surface area contributed by atoms with Crippen molar-refractivity contribution < 1.29 is 4.74 Å². The second-order valence-electron chi connectivity index (χ2n) is 5.07. The van der Waals surface area contributed by atoms with E-state index in [1.165, 1.54) is 11.3 Å². The molecule has 6 heteroatoms. The summed E-state index contributed by atoms with van der Waals surface area (Å²) in [5.41, 5.74) is 2.12. The van der Waals surface area contributed by atoms with E-state index >= 15 is 0 Å². The fourth-order valence-corrected chi connectivity index (χ4v) is 2.68. The summed E-state index contributed by atoms with van der Waals surface area (Å²) in [4.78, 5) is 4.09. The third-order valence-corrected chi connectivity index (χ3v) is 4.02. The molecule has 3 rings (SSSR count). The molecule has 0 spiro atoms. The summed E-state index contributed by atoms with van der Waals surface area (Å²) in [5, 5.41) is 16.4. The quantitative estimate of drug-likeness (QED) is 0.471. The molecule has 0 unspecified atom stereocenters. The first kappa shape index (κ1) is 16.0. The number of hydrogen-bond acceptors (Lipinski definition) is 4. The number of nitrogens with zero attached hydrogens (tertiary/aromatic N) is 1. The molecule has 0 aliphatic carbocycles. The SMILES string of the molecule is N=C(NCc1ccccc1OCc1ccccc1)Nc1nccs1. The second-order valence-corrected chi connectivity index (χ2v) is 5.97. The highest BCUT2D eigenvalue weighted by molar-refractivity contribution is 7.13. The van der Waals surface area contributed by atoms with Crippen molar-refractivity contribution in [3.05, 3.63) is 77.3 Å². The van der Waals surface area contributed by atoms with Gasteiger partial charge in [-0.25, -0.2) is 4.98 Å². The topological polar surface area (TPSA) is 70.0 Å². The van der Waals surface area contributed by atoms with Gasteiger partial charge in [0, 0.05) is 23.7 Å². The van der Waals surface area contributed by atoms with Gasteiger partial charge in [0.15, 0.2) is 11.1 Å². The summed E-state index contributed by atoms with van der Waals surface area (Å²) < 4.78 is 5.92. The maximum Gasteiger partial charge on any atom is 0.195 e. The molecule has 0 atom stereocenters. The highest BCUT2D eigenvalue weighted by atomic mass is 32.1. The van der Waals surface area contributed by atoms with E-state index in [1.54, 1.807) is 6.20 Å². The van der Waals surface area contributed by atoms with E-state index in [0.29, 0.717) is 18.3 Å². The number of ether oxygens (including phenoxy) is 1. The number of benzene rings is 2. The third kappa shape index (κ3) is 4.57. The molecule has 2 aromatic carbocycles. The zero-order valence-corrected chi connectivity index (χ0v) is 13.8. The van der Waals surface area contributed by atoms with Gasteiger partial charge in [-0.05, 0) is 11.6 Å². The van der Waals surface area contributed by atoms with Crippen LogP contribution in [-0.2, 0) is 13.2 Å². The van der Waals surface area contributed by atoms with E-state index in [1.807, 2.05) is 60.0 Å². The molecule has 0 fully saturated rings. The Morgan fingerprint density at radius 3 is 2.67 bits per heavy atom. The average molecular weight is 338 g/mol. The van der Waals surface area contributed by atoms with Crippen molar-refractivity contribution in [2.75, 3.05) is 5.32 Å². The van der Waals surface area contributed by atoms with E-state index in [9.17, 15) is 0 Å². The van der Waals surface area contributed by atoms with Gasteiger partial charge in [-0.2, -0.15) is 0 Å². The molecular weight excluding hydrogens is 320 g/mol. The summed E-state index contributed by atoms with van der Waals surface area (Å²) in [7, 11) is 0. The number of nitrogens with one attached hydrogen (secondary N) is 3. The van der Waals surface area contributed by atoms with Gasteiger partial charge >= 0.3 is 0 Å². The van der Waals surface area contributed by atoms with Gasteiger partial charge in [0.1, 0.15) is 12.4 Å². The summed E-state index contributed by atoms with van der Waals surface area (Å²) in [6.45, 7) is 1.02. The van der Waals surface area contributed by atoms with Crippen molar-refractivity contribution in [3.8, 4) is 5.75 Å². The van der Waals surface area contributed by atoms with Crippen LogP contribution in [0.5, 0.6) is 5.75 Å². The lowest BCUT2D eigenvalue weighted by atomic mass is 10.2. The molecule has 0 saturated heterocycles. The first-order valence-corrected chi connectivity index (χ1v) is 8.43. The van der Waals surface area contributed by atoms with Crippen LogP contribution in [0.4, 0.5) is 5.13 Å². The molecule has 0 radical (unpaired) electrons. The minimum absolute atomic E-state index is 0.211. The van der Waals surface area contributed by atoms with Crippen molar-refractivity contribution in [2.45, 2.75) is 13.2 Å². The fraction of sp³-hybridized carbons (Fsp3) is 0.111. The predicted molar refractivity (Wildman–Crippen MR) is 97.5 cm³/mol. The summed E-state index contributed by atoms with van der Waals surface area (Å²) in [6, 6.07) is 17.9. The Kier molecular flexibility index (Phi) is 5.42. The zero-order chi connectivity index (χ0) is 16.6. The van der Waals surface area contributed by atoms with Gasteiger partial charge in [-0.1, -0.05) is 48.5 Å². The molecule has 1 aromatic heterocycles. The molecule has 3 N–H and O–H groups in total. The van der Waals surface area contributed by atoms with Crippen LogP contribution in [0.3, 0.4) is 0 Å². The zero-order valence-electron chi connectivity index (χ0n) is 13.0. The van der Waals surface area contributed by atoms with E-state index < -0.39 is 0 Å². The number of anilines is 1. The van der Waals surface area contributed by atoms with E-state index in [4.69, 9.17) is 10.1 Å². The van der Waals surface area contributed by atoms with Crippen LogP contribution in [0.2, 0.25) is 0 Å². The molecule has 0 amide bonds. The number of thiazole rings is 1. The van der Waals surface area contributed by atoms with Crippen LogP contribution in [0.1, 0.15) is 11.1 Å². The number of aromatic nitrogens is 1. The summed E-state index contributed by atoms with van der Waals surface area (Å²) in [5.74, 6) is 1.03. The Hall–Kier alpha value is -2.86. The normalized spacial score (nSPS) is 10.2. The lowest BCUT2D eigenvalue weighted by Crippen LogP contribution is -2.29. The van der Waals surface area contributed by atoms with Gasteiger partial charge in [-0.3, -0.25) is 5.41 Å². The van der Waals surface area contributed by atoms with Crippen molar-refractivity contribution in [1.82, 2.24) is 10.3 Å². The second kappa shape index (κ2) is 8.12. The number of para-hydroxylation sites is 1. The molecule has 5 nitrogen and oxygen atoms in total. The van der Waals surface area contributed by atoms with Gasteiger partial charge in [0.05, 0.1) is 0 Å². The Balaban J connectivity index is 1.56. The van der Waals surface area contributed by atoms with Crippen LogP contribution in [0, 0.1) is 5.41 Å². The number of rotatable bonds is 6. The third-order valence-electron chi connectivity index (χ3n) is 3.33. The fourth-order valence-electron chi connectivity index (χ4n) is 2.15. The van der Waals surface area contributed by atoms with Crippen molar-refractivity contribution in [3.63, 3.8) is 0 Å². The minimum atomic E-state index is 0.211. The van der Waals surface area contributed by atoms with E-state index in [-0.39, 0.29) is 5.96 Å². The van der Waals surface area contributed by atoms with Crippen molar-refractivity contribution in [2.24, 2.45) is 0 Å². The summed E-state index contributed by atoms with van der Waals surface area (Å²) in [6.07, 6.45) is 1.70. The first-order valence-electron chi connectivity index (χ1n) is 7.55. The largest absolute Gasteiger partial charge is 0.489 e. The van der Waals surface area contributed by atoms with Crippen molar-refractivity contribution >= 4 is 22.4 Å². The lowest BCUT2D eigenvalue weighted by molar-refractivity contribution is 0.302. The Morgan fingerprint density at radius 1 is 1.08 bits per heavy atom. The van der Waals surface area contributed by atoms with Crippen LogP contribution < -0.4 is 15.4 Å². The summed E-state index contributed by atoms with van der Waals surface area (Å²) >= 11 is 1.45. The molecule has 24 heavy (non-hydrogen) atoms. The Bertz CT molecular complexity index is 775. The molecule has 0 aliphatic rings. The number of guanidine groups is 1. The standard InChI is InChI=1S/C18H18N4OS/c19-17(22-18-20-10-11-24-18)21-12-15-8-4-5-9-16(15)23-13-14-6-2-1-3-7-14/h1-11H,12-13H2,(H3,19,20,21,22). The molecule has 122 valence electrons.